The fraction of sp³-hybridized carbons (Fsp3) is 0.688. The predicted octanol–water partition coefficient (Wildman–Crippen LogP) is 1.85. The quantitative estimate of drug-likeness (QED) is 0.849. The minimum absolute atomic E-state index is 0.265. The Hall–Kier alpha value is -1.85. The van der Waals surface area contributed by atoms with Gasteiger partial charge in [0.1, 0.15) is 0 Å². The number of carbonyl (C=O) groups is 1. The summed E-state index contributed by atoms with van der Waals surface area (Å²) in [7, 11) is 1.62. The van der Waals surface area contributed by atoms with Crippen LogP contribution in [-0.4, -0.2) is 53.1 Å². The van der Waals surface area contributed by atoms with Crippen LogP contribution in [0.4, 0.5) is 5.95 Å². The summed E-state index contributed by atoms with van der Waals surface area (Å²) in [4.78, 5) is 25.4. The molecule has 0 aliphatic carbocycles. The smallest absolute Gasteiger partial charge is 0.228 e. The molecule has 0 aromatic carbocycles. The molecule has 2 atom stereocenters. The largest absolute Gasteiger partial charge is 0.481 e. The summed E-state index contributed by atoms with van der Waals surface area (Å²) in [5.74, 6) is 1.57. The molecule has 22 heavy (non-hydrogen) atoms. The van der Waals surface area contributed by atoms with Crippen molar-refractivity contribution in [2.24, 2.45) is 0 Å². The first kappa shape index (κ1) is 15.1. The van der Waals surface area contributed by atoms with Crippen molar-refractivity contribution in [1.29, 1.82) is 0 Å². The van der Waals surface area contributed by atoms with Gasteiger partial charge in [-0.25, -0.2) is 4.98 Å². The van der Waals surface area contributed by atoms with Gasteiger partial charge in [-0.2, -0.15) is 4.98 Å². The summed E-state index contributed by atoms with van der Waals surface area (Å²) in [6, 6.07) is 2.38. The molecule has 3 rings (SSSR count). The van der Waals surface area contributed by atoms with Crippen LogP contribution in [0.3, 0.4) is 0 Å². The summed E-state index contributed by atoms with van der Waals surface area (Å²) in [6.07, 6.45) is 6.71. The lowest BCUT2D eigenvalue weighted by Crippen LogP contribution is -2.48. The van der Waals surface area contributed by atoms with E-state index >= 15 is 0 Å². The van der Waals surface area contributed by atoms with Crippen LogP contribution in [0.5, 0.6) is 5.88 Å². The van der Waals surface area contributed by atoms with Gasteiger partial charge in [-0.3, -0.25) is 4.79 Å². The molecule has 120 valence electrons. The van der Waals surface area contributed by atoms with Gasteiger partial charge in [0.15, 0.2) is 0 Å². The van der Waals surface area contributed by atoms with Crippen LogP contribution in [0.25, 0.3) is 0 Å². The lowest BCUT2D eigenvalue weighted by atomic mass is 10.0. The van der Waals surface area contributed by atoms with Gasteiger partial charge in [-0.1, -0.05) is 6.92 Å². The molecule has 6 nitrogen and oxygen atoms in total. The van der Waals surface area contributed by atoms with Crippen LogP contribution in [0.1, 0.15) is 39.0 Å². The molecule has 1 aromatic heterocycles. The Morgan fingerprint density at radius 1 is 1.32 bits per heavy atom. The van der Waals surface area contributed by atoms with E-state index in [2.05, 4.69) is 19.8 Å². The number of anilines is 1. The topological polar surface area (TPSA) is 58.6 Å². The first-order chi connectivity index (χ1) is 10.7. The highest BCUT2D eigenvalue weighted by atomic mass is 16.5. The number of methoxy groups -OCH3 is 1. The van der Waals surface area contributed by atoms with Crippen LogP contribution in [0.2, 0.25) is 0 Å². The maximum absolute atomic E-state index is 12.2. The van der Waals surface area contributed by atoms with Crippen molar-refractivity contribution < 1.29 is 9.53 Å². The number of hydrogen-bond acceptors (Lipinski definition) is 5. The van der Waals surface area contributed by atoms with E-state index in [-0.39, 0.29) is 5.91 Å². The number of aromatic nitrogens is 2. The van der Waals surface area contributed by atoms with E-state index in [4.69, 9.17) is 4.74 Å². The number of hydrogen-bond donors (Lipinski definition) is 0. The van der Waals surface area contributed by atoms with Gasteiger partial charge in [0.05, 0.1) is 19.2 Å². The summed E-state index contributed by atoms with van der Waals surface area (Å²) in [5.41, 5.74) is 0. The second-order valence-corrected chi connectivity index (χ2v) is 5.95. The van der Waals surface area contributed by atoms with E-state index in [1.165, 1.54) is 0 Å². The zero-order valence-corrected chi connectivity index (χ0v) is 13.4. The maximum Gasteiger partial charge on any atom is 0.228 e. The fourth-order valence-electron chi connectivity index (χ4n) is 3.73. The average molecular weight is 304 g/mol. The minimum Gasteiger partial charge on any atom is -0.481 e. The lowest BCUT2D eigenvalue weighted by molar-refractivity contribution is -0.132. The molecule has 1 amide bonds. The van der Waals surface area contributed by atoms with E-state index in [9.17, 15) is 4.79 Å². The third-order valence-corrected chi connectivity index (χ3v) is 4.75. The maximum atomic E-state index is 12.2. The Bertz CT molecular complexity index is 537. The Balaban J connectivity index is 1.82. The van der Waals surface area contributed by atoms with Crippen molar-refractivity contribution in [2.75, 3.05) is 25.1 Å². The number of likely N-dealkylation sites (tertiary alicyclic amines) is 1. The Morgan fingerprint density at radius 3 is 2.86 bits per heavy atom. The normalized spacial score (nSPS) is 24.8. The van der Waals surface area contributed by atoms with Gasteiger partial charge in [0.25, 0.3) is 0 Å². The zero-order valence-electron chi connectivity index (χ0n) is 13.4. The molecular formula is C16H24N4O2. The standard InChI is InChI=1S/C16H24N4O2/c1-3-15(21)19-10-4-6-12(19)13-7-5-11-20(13)16-17-9-8-14(18-16)22-2/h8-9,12-13H,3-7,10-11H2,1-2H3. The van der Waals surface area contributed by atoms with Crippen molar-refractivity contribution >= 4 is 11.9 Å². The van der Waals surface area contributed by atoms with Gasteiger partial charge >= 0.3 is 0 Å². The summed E-state index contributed by atoms with van der Waals surface area (Å²) >= 11 is 0. The zero-order chi connectivity index (χ0) is 15.5. The van der Waals surface area contributed by atoms with Gasteiger partial charge in [-0.15, -0.1) is 0 Å². The molecule has 1 aromatic rings. The van der Waals surface area contributed by atoms with Crippen LogP contribution in [0.15, 0.2) is 12.3 Å². The van der Waals surface area contributed by atoms with Crippen LogP contribution in [-0.2, 0) is 4.79 Å². The van der Waals surface area contributed by atoms with Gasteiger partial charge in [0, 0.05) is 31.8 Å². The SMILES string of the molecule is CCC(=O)N1CCCC1C1CCCN1c1nccc(OC)n1. The molecule has 0 bridgehead atoms. The monoisotopic (exact) mass is 304 g/mol. The molecule has 3 heterocycles. The van der Waals surface area contributed by atoms with Crippen molar-refractivity contribution in [3.63, 3.8) is 0 Å². The van der Waals surface area contributed by atoms with Crippen LogP contribution in [0, 0.1) is 0 Å². The highest BCUT2D eigenvalue weighted by Crippen LogP contribution is 2.32. The first-order valence-corrected chi connectivity index (χ1v) is 8.17. The first-order valence-electron chi connectivity index (χ1n) is 8.17. The van der Waals surface area contributed by atoms with E-state index in [0.717, 1.165) is 44.7 Å². The molecule has 0 N–H and O–H groups in total. The van der Waals surface area contributed by atoms with Gasteiger partial charge in [-0.05, 0) is 25.7 Å². The molecule has 0 radical (unpaired) electrons. The van der Waals surface area contributed by atoms with Crippen molar-refractivity contribution in [3.8, 4) is 5.88 Å². The fourth-order valence-corrected chi connectivity index (χ4v) is 3.73. The molecule has 2 unspecified atom stereocenters. The van der Waals surface area contributed by atoms with E-state index < -0.39 is 0 Å². The second kappa shape index (κ2) is 6.50. The Kier molecular flexibility index (Phi) is 4.45. The van der Waals surface area contributed by atoms with E-state index in [0.29, 0.717) is 24.4 Å². The van der Waals surface area contributed by atoms with Crippen molar-refractivity contribution in [2.45, 2.75) is 51.1 Å². The van der Waals surface area contributed by atoms with Crippen LogP contribution >= 0.6 is 0 Å². The predicted molar refractivity (Wildman–Crippen MR) is 84.0 cm³/mol. The molecular weight excluding hydrogens is 280 g/mol. The number of carbonyl (C=O) groups excluding carboxylic acids is 1. The minimum atomic E-state index is 0.265. The van der Waals surface area contributed by atoms with E-state index in [1.807, 2.05) is 6.92 Å². The number of ether oxygens (including phenoxy) is 1. The third kappa shape index (κ3) is 2.74. The summed E-state index contributed by atoms with van der Waals surface area (Å²) in [6.45, 7) is 3.78. The highest BCUT2D eigenvalue weighted by Gasteiger charge is 2.40. The molecule has 2 saturated heterocycles. The third-order valence-electron chi connectivity index (χ3n) is 4.75. The number of amides is 1. The highest BCUT2D eigenvalue weighted by molar-refractivity contribution is 5.76. The van der Waals surface area contributed by atoms with E-state index in [1.54, 1.807) is 19.4 Å². The molecule has 0 saturated carbocycles. The summed E-state index contributed by atoms with van der Waals surface area (Å²) < 4.78 is 5.21. The summed E-state index contributed by atoms with van der Waals surface area (Å²) in [5, 5.41) is 0. The molecule has 2 aliphatic rings. The molecule has 6 heteroatoms. The molecule has 2 fully saturated rings. The Morgan fingerprint density at radius 2 is 2.09 bits per heavy atom. The lowest BCUT2D eigenvalue weighted by Gasteiger charge is -2.35. The van der Waals surface area contributed by atoms with Crippen molar-refractivity contribution in [1.82, 2.24) is 14.9 Å². The molecule has 0 spiro atoms. The average Bonchev–Trinajstić information content (AvgIpc) is 3.22. The molecule has 2 aliphatic heterocycles. The van der Waals surface area contributed by atoms with Gasteiger partial charge in [0.2, 0.25) is 17.7 Å². The van der Waals surface area contributed by atoms with Crippen LogP contribution < -0.4 is 9.64 Å². The second-order valence-electron chi connectivity index (χ2n) is 5.95. The Labute approximate surface area is 131 Å². The van der Waals surface area contributed by atoms with Gasteiger partial charge < -0.3 is 14.5 Å². The number of nitrogens with zero attached hydrogens (tertiary/aromatic N) is 4. The van der Waals surface area contributed by atoms with Crippen molar-refractivity contribution in [3.05, 3.63) is 12.3 Å². The number of rotatable bonds is 4.